The second kappa shape index (κ2) is 7.97. The highest BCUT2D eigenvalue weighted by Crippen LogP contribution is 2.31. The zero-order valence-corrected chi connectivity index (χ0v) is 15.2. The van der Waals surface area contributed by atoms with E-state index in [2.05, 4.69) is 10.0 Å². The zero-order valence-electron chi connectivity index (χ0n) is 14.4. The van der Waals surface area contributed by atoms with Gasteiger partial charge in [0.05, 0.1) is 16.7 Å². The third kappa shape index (κ3) is 5.02. The predicted octanol–water partition coefficient (Wildman–Crippen LogP) is 2.20. The molecule has 0 unspecified atom stereocenters. The predicted molar refractivity (Wildman–Crippen MR) is 93.6 cm³/mol. The smallest absolute Gasteiger partial charge is 0.307 e. The molecular weight excluding hydrogens is 344 g/mol. The number of carbonyl (C=O) groups is 2. The Morgan fingerprint density at radius 3 is 2.16 bits per heavy atom. The van der Waals surface area contributed by atoms with E-state index in [4.69, 9.17) is 0 Å². The molecule has 1 saturated carbocycles. The Labute approximate surface area is 147 Å². The van der Waals surface area contributed by atoms with Crippen molar-refractivity contribution in [2.45, 2.75) is 50.5 Å². The van der Waals surface area contributed by atoms with Crippen LogP contribution in [-0.2, 0) is 19.6 Å². The summed E-state index contributed by atoms with van der Waals surface area (Å²) in [5.74, 6) is -2.50. The molecule has 8 heteroatoms. The summed E-state index contributed by atoms with van der Waals surface area (Å²) < 4.78 is 26.6. The highest BCUT2D eigenvalue weighted by molar-refractivity contribution is 7.89. The van der Waals surface area contributed by atoms with Gasteiger partial charge in [-0.15, -0.1) is 0 Å². The lowest BCUT2D eigenvalue weighted by atomic mass is 9.78. The first-order valence-corrected chi connectivity index (χ1v) is 9.85. The molecule has 2 atom stereocenters. The second-order valence-corrected chi connectivity index (χ2v) is 8.34. The lowest BCUT2D eigenvalue weighted by Gasteiger charge is -2.27. The Morgan fingerprint density at radius 1 is 1.08 bits per heavy atom. The molecule has 0 radical (unpaired) electrons. The summed E-state index contributed by atoms with van der Waals surface area (Å²) in [6.07, 6.45) is 2.70. The number of carboxylic acids is 1. The van der Waals surface area contributed by atoms with E-state index in [1.165, 1.54) is 24.3 Å². The molecule has 0 saturated heterocycles. The Morgan fingerprint density at radius 2 is 1.64 bits per heavy atom. The number of hydrogen-bond donors (Lipinski definition) is 3. The number of anilines is 1. The van der Waals surface area contributed by atoms with Crippen LogP contribution in [0.25, 0.3) is 0 Å². The number of sulfonamides is 1. The summed E-state index contributed by atoms with van der Waals surface area (Å²) in [6.45, 7) is 3.46. The van der Waals surface area contributed by atoms with Gasteiger partial charge in [-0.1, -0.05) is 12.8 Å². The Kier molecular flexibility index (Phi) is 6.18. The molecule has 1 aromatic carbocycles. The van der Waals surface area contributed by atoms with E-state index < -0.39 is 27.8 Å². The summed E-state index contributed by atoms with van der Waals surface area (Å²) in [5.41, 5.74) is 0.447. The van der Waals surface area contributed by atoms with Crippen LogP contribution in [0.4, 0.5) is 5.69 Å². The first-order chi connectivity index (χ1) is 11.7. The number of hydrogen-bond acceptors (Lipinski definition) is 4. The molecule has 1 aliphatic rings. The third-order valence-corrected chi connectivity index (χ3v) is 5.92. The van der Waals surface area contributed by atoms with Gasteiger partial charge in [0.25, 0.3) is 0 Å². The van der Waals surface area contributed by atoms with Crippen molar-refractivity contribution < 1.29 is 23.1 Å². The van der Waals surface area contributed by atoms with Crippen LogP contribution in [0, 0.1) is 11.8 Å². The number of carbonyl (C=O) groups excluding carboxylic acids is 1. The van der Waals surface area contributed by atoms with Gasteiger partial charge >= 0.3 is 5.97 Å². The lowest BCUT2D eigenvalue weighted by molar-refractivity contribution is -0.147. The minimum Gasteiger partial charge on any atom is -0.481 e. The van der Waals surface area contributed by atoms with Crippen LogP contribution in [0.15, 0.2) is 29.2 Å². The van der Waals surface area contributed by atoms with Crippen molar-refractivity contribution in [3.63, 3.8) is 0 Å². The zero-order chi connectivity index (χ0) is 18.6. The van der Waals surface area contributed by atoms with Crippen LogP contribution in [0.1, 0.15) is 39.5 Å². The largest absolute Gasteiger partial charge is 0.481 e. The first kappa shape index (κ1) is 19.4. The van der Waals surface area contributed by atoms with Crippen LogP contribution in [-0.4, -0.2) is 31.4 Å². The maximum Gasteiger partial charge on any atom is 0.307 e. The molecule has 1 fully saturated rings. The Bertz CT molecular complexity index is 728. The van der Waals surface area contributed by atoms with E-state index in [1.54, 1.807) is 13.8 Å². The van der Waals surface area contributed by atoms with E-state index in [9.17, 15) is 23.1 Å². The molecule has 0 heterocycles. The summed E-state index contributed by atoms with van der Waals surface area (Å²) >= 11 is 0. The van der Waals surface area contributed by atoms with E-state index >= 15 is 0 Å². The molecule has 3 N–H and O–H groups in total. The topological polar surface area (TPSA) is 113 Å². The Hall–Kier alpha value is -1.93. The average Bonchev–Trinajstić information content (AvgIpc) is 2.54. The minimum atomic E-state index is -3.59. The fourth-order valence-electron chi connectivity index (χ4n) is 3.07. The van der Waals surface area contributed by atoms with Crippen molar-refractivity contribution in [2.24, 2.45) is 11.8 Å². The standard InChI is InChI=1S/C17H24N2O5S/c1-11(2)19-25(23,24)13-9-7-12(8-10-13)18-16(20)14-5-3-4-6-15(14)17(21)22/h7-11,14-15,19H,3-6H2,1-2H3,(H,18,20)(H,21,22)/t14-,15+/m1/s1. The van der Waals surface area contributed by atoms with Crippen molar-refractivity contribution in [3.8, 4) is 0 Å². The average molecular weight is 368 g/mol. The number of rotatable bonds is 6. The number of aliphatic carboxylic acids is 1. The number of amides is 1. The lowest BCUT2D eigenvalue weighted by Crippen LogP contribution is -2.36. The van der Waals surface area contributed by atoms with Crippen molar-refractivity contribution in [3.05, 3.63) is 24.3 Å². The van der Waals surface area contributed by atoms with E-state index in [0.717, 1.165) is 12.8 Å². The molecule has 7 nitrogen and oxygen atoms in total. The van der Waals surface area contributed by atoms with Crippen molar-refractivity contribution >= 4 is 27.6 Å². The third-order valence-electron chi connectivity index (χ3n) is 4.24. The molecule has 25 heavy (non-hydrogen) atoms. The highest BCUT2D eigenvalue weighted by atomic mass is 32.2. The monoisotopic (exact) mass is 368 g/mol. The second-order valence-electron chi connectivity index (χ2n) is 6.63. The van der Waals surface area contributed by atoms with E-state index in [0.29, 0.717) is 18.5 Å². The molecule has 0 aromatic heterocycles. The molecule has 138 valence electrons. The maximum absolute atomic E-state index is 12.4. The quantitative estimate of drug-likeness (QED) is 0.712. The van der Waals surface area contributed by atoms with Crippen LogP contribution < -0.4 is 10.0 Å². The molecule has 1 amide bonds. The van der Waals surface area contributed by atoms with Crippen LogP contribution in [0.5, 0.6) is 0 Å². The van der Waals surface area contributed by atoms with Crippen LogP contribution >= 0.6 is 0 Å². The van der Waals surface area contributed by atoms with Crippen molar-refractivity contribution in [1.82, 2.24) is 4.72 Å². The van der Waals surface area contributed by atoms with Crippen LogP contribution in [0.3, 0.4) is 0 Å². The number of carboxylic acid groups (broad SMARTS) is 1. The van der Waals surface area contributed by atoms with Gasteiger partial charge in [-0.3, -0.25) is 9.59 Å². The normalized spacial score (nSPS) is 21.1. The first-order valence-electron chi connectivity index (χ1n) is 8.37. The number of nitrogens with one attached hydrogen (secondary N) is 2. The molecule has 0 spiro atoms. The number of benzene rings is 1. The van der Waals surface area contributed by atoms with Gasteiger partial charge in [-0.2, -0.15) is 0 Å². The van der Waals surface area contributed by atoms with Gasteiger partial charge in [-0.25, -0.2) is 13.1 Å². The molecule has 1 aliphatic carbocycles. The van der Waals surface area contributed by atoms with Gasteiger partial charge in [0, 0.05) is 11.7 Å². The molecule has 2 rings (SSSR count). The molecule has 0 aliphatic heterocycles. The highest BCUT2D eigenvalue weighted by Gasteiger charge is 2.35. The summed E-state index contributed by atoms with van der Waals surface area (Å²) in [5, 5.41) is 12.0. The van der Waals surface area contributed by atoms with Crippen molar-refractivity contribution in [2.75, 3.05) is 5.32 Å². The van der Waals surface area contributed by atoms with Crippen molar-refractivity contribution in [1.29, 1.82) is 0 Å². The Balaban J connectivity index is 2.08. The minimum absolute atomic E-state index is 0.111. The van der Waals surface area contributed by atoms with E-state index in [-0.39, 0.29) is 16.8 Å². The fraction of sp³-hybridized carbons (Fsp3) is 0.529. The van der Waals surface area contributed by atoms with Gasteiger partial charge in [0.1, 0.15) is 0 Å². The molecular formula is C17H24N2O5S. The SMILES string of the molecule is CC(C)NS(=O)(=O)c1ccc(NC(=O)[C@@H]2CCCC[C@@H]2C(=O)O)cc1. The fourth-order valence-corrected chi connectivity index (χ4v) is 4.32. The van der Waals surface area contributed by atoms with Gasteiger partial charge < -0.3 is 10.4 Å². The van der Waals surface area contributed by atoms with Gasteiger partial charge in [0.2, 0.25) is 15.9 Å². The summed E-state index contributed by atoms with van der Waals surface area (Å²) in [7, 11) is -3.59. The van der Waals surface area contributed by atoms with Crippen LogP contribution in [0.2, 0.25) is 0 Å². The summed E-state index contributed by atoms with van der Waals surface area (Å²) in [6, 6.07) is 5.62. The van der Waals surface area contributed by atoms with Gasteiger partial charge in [-0.05, 0) is 51.0 Å². The van der Waals surface area contributed by atoms with Gasteiger partial charge in [0.15, 0.2) is 0 Å². The molecule has 1 aromatic rings. The summed E-state index contributed by atoms with van der Waals surface area (Å²) in [4.78, 5) is 23.8. The maximum atomic E-state index is 12.4. The van der Waals surface area contributed by atoms with E-state index in [1.807, 2.05) is 0 Å². The molecule has 0 bridgehead atoms.